The van der Waals surface area contributed by atoms with Crippen molar-refractivity contribution in [3.63, 3.8) is 0 Å². The van der Waals surface area contributed by atoms with E-state index in [2.05, 4.69) is 10.5 Å². The second kappa shape index (κ2) is 7.83. The van der Waals surface area contributed by atoms with Crippen molar-refractivity contribution >= 4 is 12.1 Å². The number of hydrogen-bond acceptors (Lipinski definition) is 4. The van der Waals surface area contributed by atoms with Gasteiger partial charge >= 0.3 is 0 Å². The monoisotopic (exact) mass is 298 g/mol. The number of benzene rings is 2. The molecule has 5 heteroatoms. The predicted octanol–water partition coefficient (Wildman–Crippen LogP) is 2.53. The Morgan fingerprint density at radius 1 is 1.14 bits per heavy atom. The first-order valence-electron chi connectivity index (χ1n) is 6.84. The van der Waals surface area contributed by atoms with Crippen LogP contribution in [0.4, 0.5) is 0 Å². The minimum Gasteiger partial charge on any atom is -0.493 e. The second-order valence-electron chi connectivity index (χ2n) is 4.59. The van der Waals surface area contributed by atoms with Crippen LogP contribution in [-0.2, 0) is 4.79 Å². The van der Waals surface area contributed by atoms with Crippen LogP contribution in [0.1, 0.15) is 11.1 Å². The molecular formula is C17H18N2O3. The fraction of sp³-hybridized carbons (Fsp3) is 0.176. The second-order valence-corrected chi connectivity index (χ2v) is 4.59. The van der Waals surface area contributed by atoms with Crippen molar-refractivity contribution in [2.75, 3.05) is 13.7 Å². The standard InChI is InChI=1S/C17H18N2O3/c1-13-7-3-4-8-14(13)11-18-19-17(20)12-22-16-10-6-5-9-15(16)21-2/h3-11H,12H2,1-2H3,(H,19,20)/b18-11-. The number of nitrogens with zero attached hydrogens (tertiary/aromatic N) is 1. The summed E-state index contributed by atoms with van der Waals surface area (Å²) in [5.74, 6) is 0.762. The van der Waals surface area contributed by atoms with E-state index < -0.39 is 0 Å². The van der Waals surface area contributed by atoms with Crippen LogP contribution in [0.5, 0.6) is 11.5 Å². The molecule has 0 fully saturated rings. The normalized spacial score (nSPS) is 10.5. The number of rotatable bonds is 6. The zero-order valence-electron chi connectivity index (χ0n) is 12.6. The van der Waals surface area contributed by atoms with Crippen molar-refractivity contribution in [2.45, 2.75) is 6.92 Å². The Labute approximate surface area is 129 Å². The quantitative estimate of drug-likeness (QED) is 0.658. The molecule has 0 aromatic heterocycles. The number of aryl methyl sites for hydroxylation is 1. The molecule has 0 spiro atoms. The van der Waals surface area contributed by atoms with E-state index in [4.69, 9.17) is 9.47 Å². The Morgan fingerprint density at radius 2 is 1.82 bits per heavy atom. The molecule has 0 bridgehead atoms. The third-order valence-electron chi connectivity index (χ3n) is 3.01. The molecule has 5 nitrogen and oxygen atoms in total. The number of amides is 1. The molecule has 0 aliphatic rings. The highest BCUT2D eigenvalue weighted by atomic mass is 16.5. The highest BCUT2D eigenvalue weighted by Crippen LogP contribution is 2.25. The minimum absolute atomic E-state index is 0.133. The van der Waals surface area contributed by atoms with Crippen LogP contribution >= 0.6 is 0 Å². The zero-order chi connectivity index (χ0) is 15.8. The summed E-state index contributed by atoms with van der Waals surface area (Å²) in [5.41, 5.74) is 4.47. The number of hydrogen-bond donors (Lipinski definition) is 1. The number of nitrogens with one attached hydrogen (secondary N) is 1. The van der Waals surface area contributed by atoms with Gasteiger partial charge in [0.15, 0.2) is 18.1 Å². The molecule has 0 atom stereocenters. The van der Waals surface area contributed by atoms with Gasteiger partial charge < -0.3 is 9.47 Å². The molecule has 2 aromatic rings. The molecule has 0 aliphatic carbocycles. The SMILES string of the molecule is COc1ccccc1OCC(=O)N/N=C\c1ccccc1C. The summed E-state index contributed by atoms with van der Waals surface area (Å²) in [6.07, 6.45) is 1.61. The van der Waals surface area contributed by atoms with Crippen LogP contribution in [0.3, 0.4) is 0 Å². The van der Waals surface area contributed by atoms with Gasteiger partial charge in [-0.15, -0.1) is 0 Å². The van der Waals surface area contributed by atoms with Crippen molar-refractivity contribution in [3.05, 3.63) is 59.7 Å². The van der Waals surface area contributed by atoms with Crippen LogP contribution in [0, 0.1) is 6.92 Å². The highest BCUT2D eigenvalue weighted by molar-refractivity contribution is 5.84. The molecule has 2 rings (SSSR count). The number of methoxy groups -OCH3 is 1. The van der Waals surface area contributed by atoms with E-state index >= 15 is 0 Å². The van der Waals surface area contributed by atoms with Crippen LogP contribution in [0.2, 0.25) is 0 Å². The van der Waals surface area contributed by atoms with Crippen molar-refractivity contribution in [2.24, 2.45) is 5.10 Å². The molecule has 2 aromatic carbocycles. The van der Waals surface area contributed by atoms with E-state index in [1.807, 2.05) is 43.3 Å². The fourth-order valence-electron chi connectivity index (χ4n) is 1.82. The van der Waals surface area contributed by atoms with E-state index in [1.54, 1.807) is 25.5 Å². The third-order valence-corrected chi connectivity index (χ3v) is 3.01. The van der Waals surface area contributed by atoms with E-state index in [0.29, 0.717) is 11.5 Å². The number of para-hydroxylation sites is 2. The molecule has 1 amide bonds. The van der Waals surface area contributed by atoms with Gasteiger partial charge in [-0.3, -0.25) is 4.79 Å². The molecule has 0 saturated heterocycles. The Bertz CT molecular complexity index is 668. The molecule has 114 valence electrons. The summed E-state index contributed by atoms with van der Waals surface area (Å²) in [4.78, 5) is 11.7. The molecular weight excluding hydrogens is 280 g/mol. The molecule has 0 saturated carbocycles. The summed E-state index contributed by atoms with van der Waals surface area (Å²) in [6, 6.07) is 14.9. The van der Waals surface area contributed by atoms with Gasteiger partial charge in [-0.05, 0) is 30.2 Å². The maximum absolute atomic E-state index is 11.7. The van der Waals surface area contributed by atoms with Gasteiger partial charge in [-0.2, -0.15) is 5.10 Å². The van der Waals surface area contributed by atoms with Gasteiger partial charge in [0.2, 0.25) is 0 Å². The van der Waals surface area contributed by atoms with E-state index in [0.717, 1.165) is 11.1 Å². The first kappa shape index (κ1) is 15.6. The average molecular weight is 298 g/mol. The summed E-state index contributed by atoms with van der Waals surface area (Å²) in [5, 5.41) is 3.92. The molecule has 0 unspecified atom stereocenters. The summed E-state index contributed by atoms with van der Waals surface area (Å²) in [7, 11) is 1.55. The Balaban J connectivity index is 1.85. The van der Waals surface area contributed by atoms with E-state index in [-0.39, 0.29) is 12.5 Å². The summed E-state index contributed by atoms with van der Waals surface area (Å²) < 4.78 is 10.5. The Kier molecular flexibility index (Phi) is 5.54. The van der Waals surface area contributed by atoms with Crippen LogP contribution < -0.4 is 14.9 Å². The predicted molar refractivity (Wildman–Crippen MR) is 85.4 cm³/mol. The smallest absolute Gasteiger partial charge is 0.277 e. The first-order chi connectivity index (χ1) is 10.7. The molecule has 0 heterocycles. The maximum Gasteiger partial charge on any atom is 0.277 e. The lowest BCUT2D eigenvalue weighted by atomic mass is 10.1. The van der Waals surface area contributed by atoms with Gasteiger partial charge in [0.25, 0.3) is 5.91 Å². The third kappa shape index (κ3) is 4.34. The van der Waals surface area contributed by atoms with Crippen LogP contribution in [-0.4, -0.2) is 25.8 Å². The van der Waals surface area contributed by atoms with Crippen LogP contribution in [0.15, 0.2) is 53.6 Å². The van der Waals surface area contributed by atoms with Crippen LogP contribution in [0.25, 0.3) is 0 Å². The fourth-order valence-corrected chi connectivity index (χ4v) is 1.82. The van der Waals surface area contributed by atoms with E-state index in [9.17, 15) is 4.79 Å². The minimum atomic E-state index is -0.337. The van der Waals surface area contributed by atoms with Crippen molar-refractivity contribution < 1.29 is 14.3 Å². The van der Waals surface area contributed by atoms with Gasteiger partial charge in [0.05, 0.1) is 13.3 Å². The maximum atomic E-state index is 11.7. The molecule has 0 radical (unpaired) electrons. The molecule has 22 heavy (non-hydrogen) atoms. The van der Waals surface area contributed by atoms with Crippen molar-refractivity contribution in [1.29, 1.82) is 0 Å². The lowest BCUT2D eigenvalue weighted by Crippen LogP contribution is -2.24. The lowest BCUT2D eigenvalue weighted by molar-refractivity contribution is -0.123. The number of carbonyl (C=O) groups excluding carboxylic acids is 1. The van der Waals surface area contributed by atoms with Gasteiger partial charge in [0.1, 0.15) is 0 Å². The number of ether oxygens (including phenoxy) is 2. The summed E-state index contributed by atoms with van der Waals surface area (Å²) >= 11 is 0. The molecule has 1 N–H and O–H groups in total. The topological polar surface area (TPSA) is 59.9 Å². The Morgan fingerprint density at radius 3 is 2.55 bits per heavy atom. The highest BCUT2D eigenvalue weighted by Gasteiger charge is 2.05. The molecule has 0 aliphatic heterocycles. The van der Waals surface area contributed by atoms with Gasteiger partial charge in [0, 0.05) is 0 Å². The largest absolute Gasteiger partial charge is 0.493 e. The average Bonchev–Trinajstić information content (AvgIpc) is 2.55. The van der Waals surface area contributed by atoms with Crippen molar-refractivity contribution in [1.82, 2.24) is 5.43 Å². The lowest BCUT2D eigenvalue weighted by Gasteiger charge is -2.09. The first-order valence-corrected chi connectivity index (χ1v) is 6.84. The zero-order valence-corrected chi connectivity index (χ0v) is 12.6. The van der Waals surface area contributed by atoms with Gasteiger partial charge in [-0.1, -0.05) is 36.4 Å². The van der Waals surface area contributed by atoms with E-state index in [1.165, 1.54) is 0 Å². The number of hydrazone groups is 1. The van der Waals surface area contributed by atoms with Crippen molar-refractivity contribution in [3.8, 4) is 11.5 Å². The Hall–Kier alpha value is -2.82. The van der Waals surface area contributed by atoms with Gasteiger partial charge in [-0.25, -0.2) is 5.43 Å². The number of carbonyl (C=O) groups is 1. The summed E-state index contributed by atoms with van der Waals surface area (Å²) in [6.45, 7) is 1.85.